The Morgan fingerprint density at radius 1 is 0.931 bits per heavy atom. The second-order valence-electron chi connectivity index (χ2n) is 7.64. The van der Waals surface area contributed by atoms with Crippen LogP contribution >= 0.6 is 0 Å². The molecule has 0 spiro atoms. The molecule has 3 aromatic rings. The molecule has 1 fully saturated rings. The molecule has 0 radical (unpaired) electrons. The van der Waals surface area contributed by atoms with E-state index in [-0.39, 0.29) is 0 Å². The summed E-state index contributed by atoms with van der Waals surface area (Å²) in [7, 11) is 0. The van der Waals surface area contributed by atoms with Gasteiger partial charge in [0.25, 0.3) is 0 Å². The maximum atomic E-state index is 5.79. The molecule has 1 saturated carbocycles. The molecular formula is C25H23N3O. The van der Waals surface area contributed by atoms with E-state index in [0.29, 0.717) is 12.5 Å². The quantitative estimate of drug-likeness (QED) is 0.574. The highest BCUT2D eigenvalue weighted by molar-refractivity contribution is 6.08. The Balaban J connectivity index is 1.52. The number of hydrogen-bond acceptors (Lipinski definition) is 4. The lowest BCUT2D eigenvalue weighted by Gasteiger charge is -2.26. The van der Waals surface area contributed by atoms with Gasteiger partial charge in [0.2, 0.25) is 0 Å². The van der Waals surface area contributed by atoms with Gasteiger partial charge in [-0.15, -0.1) is 0 Å². The van der Waals surface area contributed by atoms with Crippen molar-refractivity contribution < 1.29 is 4.84 Å². The van der Waals surface area contributed by atoms with Crippen molar-refractivity contribution in [2.45, 2.75) is 31.4 Å². The van der Waals surface area contributed by atoms with Gasteiger partial charge in [-0.3, -0.25) is 9.98 Å². The fraction of sp³-hybridized carbons (Fsp3) is 0.240. The van der Waals surface area contributed by atoms with Gasteiger partial charge in [0.1, 0.15) is 12.1 Å². The van der Waals surface area contributed by atoms with E-state index < -0.39 is 5.54 Å². The van der Waals surface area contributed by atoms with E-state index in [9.17, 15) is 0 Å². The average molecular weight is 381 g/mol. The number of nitrogens with zero attached hydrogens (tertiary/aromatic N) is 3. The Hall–Kier alpha value is -3.27. The predicted octanol–water partition coefficient (Wildman–Crippen LogP) is 5.15. The predicted molar refractivity (Wildman–Crippen MR) is 115 cm³/mol. The van der Waals surface area contributed by atoms with Crippen molar-refractivity contribution in [1.82, 2.24) is 4.98 Å². The van der Waals surface area contributed by atoms with E-state index in [2.05, 4.69) is 35.5 Å². The Morgan fingerprint density at radius 3 is 2.45 bits per heavy atom. The number of rotatable bonds is 5. The minimum atomic E-state index is -0.511. The molecule has 4 heteroatoms. The molecule has 0 N–H and O–H groups in total. The number of pyridine rings is 1. The molecule has 2 aromatic carbocycles. The highest BCUT2D eigenvalue weighted by Crippen LogP contribution is 2.50. The van der Waals surface area contributed by atoms with Gasteiger partial charge in [-0.05, 0) is 42.5 Å². The van der Waals surface area contributed by atoms with Gasteiger partial charge in [0.15, 0.2) is 0 Å². The van der Waals surface area contributed by atoms with E-state index in [1.54, 1.807) is 0 Å². The first-order chi connectivity index (χ1) is 14.4. The summed E-state index contributed by atoms with van der Waals surface area (Å²) in [6.07, 6.45) is 4.72. The van der Waals surface area contributed by atoms with Gasteiger partial charge in [0, 0.05) is 17.8 Å². The van der Waals surface area contributed by atoms with Crippen LogP contribution in [0.3, 0.4) is 0 Å². The van der Waals surface area contributed by atoms with Crippen molar-refractivity contribution >= 4 is 11.4 Å². The standard InChI is InChI=1S/C25H23N3O/c1-3-9-19(10-4-1)18-29-28-24-15-14-21-17-22(20-11-5-2-6-12-20)27-25(21,24)23-13-7-8-16-26-23/h1-13,16,21H,14-15,17-18H2/b28-24+/t21-,25-/m1/s1. The molecule has 0 amide bonds. The van der Waals surface area contributed by atoms with Gasteiger partial charge in [-0.25, -0.2) is 0 Å². The van der Waals surface area contributed by atoms with Crippen LogP contribution in [0.4, 0.5) is 0 Å². The topological polar surface area (TPSA) is 46.8 Å². The highest BCUT2D eigenvalue weighted by Gasteiger charge is 2.54. The second-order valence-corrected chi connectivity index (χ2v) is 7.64. The second kappa shape index (κ2) is 7.63. The summed E-state index contributed by atoms with van der Waals surface area (Å²) in [6.45, 7) is 0.461. The third-order valence-corrected chi connectivity index (χ3v) is 5.92. The van der Waals surface area contributed by atoms with E-state index in [0.717, 1.165) is 41.9 Å². The van der Waals surface area contributed by atoms with E-state index >= 15 is 0 Å². The fourth-order valence-corrected chi connectivity index (χ4v) is 4.53. The number of aliphatic imine (C=N–C) groups is 1. The summed E-state index contributed by atoms with van der Waals surface area (Å²) < 4.78 is 0. The van der Waals surface area contributed by atoms with Crippen LogP contribution in [0.5, 0.6) is 0 Å². The van der Waals surface area contributed by atoms with Crippen LogP contribution in [-0.4, -0.2) is 16.4 Å². The van der Waals surface area contributed by atoms with E-state index in [1.165, 1.54) is 5.56 Å². The fourth-order valence-electron chi connectivity index (χ4n) is 4.53. The van der Waals surface area contributed by atoms with E-state index in [1.807, 2.05) is 54.7 Å². The average Bonchev–Trinajstić information content (AvgIpc) is 3.33. The molecular weight excluding hydrogens is 358 g/mol. The largest absolute Gasteiger partial charge is 0.391 e. The van der Waals surface area contributed by atoms with Crippen LogP contribution in [0, 0.1) is 5.92 Å². The number of benzene rings is 2. The molecule has 29 heavy (non-hydrogen) atoms. The SMILES string of the molecule is c1ccc(CO/N=C2\CC[C@@H]3CC(c4ccccc4)=N[C@]23c2ccccn2)cc1. The Bertz CT molecular complexity index is 1030. The summed E-state index contributed by atoms with van der Waals surface area (Å²) >= 11 is 0. The Kier molecular flexibility index (Phi) is 4.68. The zero-order valence-corrected chi connectivity index (χ0v) is 16.2. The van der Waals surface area contributed by atoms with Crippen molar-refractivity contribution in [2.24, 2.45) is 16.1 Å². The molecule has 1 aromatic heterocycles. The summed E-state index contributed by atoms with van der Waals surface area (Å²) in [4.78, 5) is 15.8. The first kappa shape index (κ1) is 17.8. The number of oxime groups is 1. The van der Waals surface area contributed by atoms with Gasteiger partial charge < -0.3 is 4.84 Å². The lowest BCUT2D eigenvalue weighted by molar-refractivity contribution is 0.128. The van der Waals surface area contributed by atoms with Crippen LogP contribution in [0.1, 0.15) is 36.1 Å². The molecule has 0 bridgehead atoms. The van der Waals surface area contributed by atoms with Crippen molar-refractivity contribution in [3.05, 3.63) is 102 Å². The molecule has 0 unspecified atom stereocenters. The van der Waals surface area contributed by atoms with Crippen molar-refractivity contribution in [1.29, 1.82) is 0 Å². The monoisotopic (exact) mass is 381 g/mol. The summed E-state index contributed by atoms with van der Waals surface area (Å²) in [6, 6.07) is 26.6. The molecule has 2 atom stereocenters. The van der Waals surface area contributed by atoms with Gasteiger partial charge in [-0.2, -0.15) is 0 Å². The highest BCUT2D eigenvalue weighted by atomic mass is 16.6. The van der Waals surface area contributed by atoms with Crippen LogP contribution in [-0.2, 0) is 17.0 Å². The minimum absolute atomic E-state index is 0.367. The van der Waals surface area contributed by atoms with Crippen molar-refractivity contribution in [3.63, 3.8) is 0 Å². The van der Waals surface area contributed by atoms with Gasteiger partial charge >= 0.3 is 0 Å². The molecule has 4 nitrogen and oxygen atoms in total. The molecule has 2 heterocycles. The zero-order valence-electron chi connectivity index (χ0n) is 16.2. The normalized spacial score (nSPS) is 24.3. The van der Waals surface area contributed by atoms with Crippen LogP contribution in [0.25, 0.3) is 0 Å². The van der Waals surface area contributed by atoms with Crippen LogP contribution in [0.2, 0.25) is 0 Å². The number of aromatic nitrogens is 1. The number of fused-ring (bicyclic) bond motifs is 1. The summed E-state index contributed by atoms with van der Waals surface area (Å²) in [5.74, 6) is 0.367. The smallest absolute Gasteiger partial charge is 0.147 e. The lowest BCUT2D eigenvalue weighted by atomic mass is 9.83. The maximum absolute atomic E-state index is 5.79. The minimum Gasteiger partial charge on any atom is -0.391 e. The summed E-state index contributed by atoms with van der Waals surface area (Å²) in [5.41, 5.74) is 4.87. The molecule has 5 rings (SSSR count). The molecule has 2 aliphatic rings. The Morgan fingerprint density at radius 2 is 1.69 bits per heavy atom. The lowest BCUT2D eigenvalue weighted by Crippen LogP contribution is -2.33. The zero-order chi connectivity index (χ0) is 19.5. The first-order valence-electron chi connectivity index (χ1n) is 10.1. The molecule has 0 saturated heterocycles. The third-order valence-electron chi connectivity index (χ3n) is 5.92. The van der Waals surface area contributed by atoms with Crippen molar-refractivity contribution in [2.75, 3.05) is 0 Å². The molecule has 144 valence electrons. The summed E-state index contributed by atoms with van der Waals surface area (Å²) in [5, 5.41) is 4.61. The van der Waals surface area contributed by atoms with Crippen molar-refractivity contribution in [3.8, 4) is 0 Å². The van der Waals surface area contributed by atoms with E-state index in [4.69, 9.17) is 14.8 Å². The maximum Gasteiger partial charge on any atom is 0.147 e. The number of hydrogen-bond donors (Lipinski definition) is 0. The first-order valence-corrected chi connectivity index (χ1v) is 10.1. The van der Waals surface area contributed by atoms with Gasteiger partial charge in [0.05, 0.1) is 11.4 Å². The third kappa shape index (κ3) is 3.25. The molecule has 1 aliphatic carbocycles. The van der Waals surface area contributed by atoms with Gasteiger partial charge in [-0.1, -0.05) is 71.9 Å². The van der Waals surface area contributed by atoms with Crippen LogP contribution in [0.15, 0.2) is 95.2 Å². The Labute approximate surface area is 171 Å². The van der Waals surface area contributed by atoms with Crippen LogP contribution < -0.4 is 0 Å². The molecule has 1 aliphatic heterocycles.